The first-order valence-electron chi connectivity index (χ1n) is 9.69. The SMILES string of the molecule is CN1CCN(C(=O)c2cccc(N3CCCC3=O)c2)CC1c1ccccc1F. The van der Waals surface area contributed by atoms with Gasteiger partial charge in [-0.05, 0) is 37.7 Å². The molecule has 0 aromatic heterocycles. The van der Waals surface area contributed by atoms with Crippen molar-refractivity contribution in [2.75, 3.05) is 38.1 Å². The van der Waals surface area contributed by atoms with Gasteiger partial charge in [0.15, 0.2) is 0 Å². The number of hydrogen-bond acceptors (Lipinski definition) is 3. The lowest BCUT2D eigenvalue weighted by molar-refractivity contribution is -0.117. The summed E-state index contributed by atoms with van der Waals surface area (Å²) in [4.78, 5) is 30.7. The monoisotopic (exact) mass is 381 g/mol. The van der Waals surface area contributed by atoms with E-state index in [2.05, 4.69) is 4.90 Å². The summed E-state index contributed by atoms with van der Waals surface area (Å²) >= 11 is 0. The molecule has 6 heteroatoms. The van der Waals surface area contributed by atoms with Crippen LogP contribution in [0.25, 0.3) is 0 Å². The Morgan fingerprint density at radius 2 is 1.89 bits per heavy atom. The Hall–Kier alpha value is -2.73. The van der Waals surface area contributed by atoms with E-state index in [9.17, 15) is 14.0 Å². The van der Waals surface area contributed by atoms with Crippen molar-refractivity contribution in [3.05, 3.63) is 65.5 Å². The van der Waals surface area contributed by atoms with Gasteiger partial charge in [0, 0.05) is 49.4 Å². The van der Waals surface area contributed by atoms with Crippen molar-refractivity contribution in [3.8, 4) is 0 Å². The minimum Gasteiger partial charge on any atom is -0.335 e. The summed E-state index contributed by atoms with van der Waals surface area (Å²) in [7, 11) is 1.96. The molecule has 2 amide bonds. The van der Waals surface area contributed by atoms with Crippen LogP contribution in [0.15, 0.2) is 48.5 Å². The molecule has 5 nitrogen and oxygen atoms in total. The van der Waals surface area contributed by atoms with Gasteiger partial charge in [-0.3, -0.25) is 14.5 Å². The number of carbonyl (C=O) groups excluding carboxylic acids is 2. The predicted molar refractivity (Wildman–Crippen MR) is 106 cm³/mol. The number of hydrogen-bond donors (Lipinski definition) is 0. The van der Waals surface area contributed by atoms with Crippen LogP contribution in [0.4, 0.5) is 10.1 Å². The molecule has 0 spiro atoms. The van der Waals surface area contributed by atoms with Crippen molar-refractivity contribution in [3.63, 3.8) is 0 Å². The number of carbonyl (C=O) groups is 2. The average Bonchev–Trinajstić information content (AvgIpc) is 3.14. The molecule has 2 heterocycles. The number of likely N-dealkylation sites (N-methyl/N-ethyl adjacent to an activating group) is 1. The Labute approximate surface area is 164 Å². The van der Waals surface area contributed by atoms with Crippen LogP contribution in [0.1, 0.15) is 34.8 Å². The molecule has 0 bridgehead atoms. The zero-order chi connectivity index (χ0) is 19.7. The summed E-state index contributed by atoms with van der Waals surface area (Å²) in [5, 5.41) is 0. The number of piperazine rings is 1. The first-order valence-corrected chi connectivity index (χ1v) is 9.69. The van der Waals surface area contributed by atoms with Crippen LogP contribution in [0.2, 0.25) is 0 Å². The van der Waals surface area contributed by atoms with Crippen LogP contribution in [-0.4, -0.2) is 54.8 Å². The van der Waals surface area contributed by atoms with Crippen molar-refractivity contribution in [1.82, 2.24) is 9.80 Å². The van der Waals surface area contributed by atoms with Crippen LogP contribution < -0.4 is 4.90 Å². The summed E-state index contributed by atoms with van der Waals surface area (Å²) in [5.41, 5.74) is 1.95. The quantitative estimate of drug-likeness (QED) is 0.821. The molecule has 2 aromatic carbocycles. The molecule has 2 aliphatic rings. The topological polar surface area (TPSA) is 43.9 Å². The molecule has 2 fully saturated rings. The highest BCUT2D eigenvalue weighted by Gasteiger charge is 2.31. The Balaban J connectivity index is 1.55. The van der Waals surface area contributed by atoms with E-state index in [1.807, 2.05) is 25.2 Å². The lowest BCUT2D eigenvalue weighted by Gasteiger charge is -2.40. The second kappa shape index (κ2) is 7.72. The molecule has 0 aliphatic carbocycles. The van der Waals surface area contributed by atoms with E-state index in [-0.39, 0.29) is 23.7 Å². The summed E-state index contributed by atoms with van der Waals surface area (Å²) in [6.07, 6.45) is 1.40. The van der Waals surface area contributed by atoms with Crippen molar-refractivity contribution in [2.24, 2.45) is 0 Å². The molecule has 0 saturated carbocycles. The Bertz CT molecular complexity index is 901. The summed E-state index contributed by atoms with van der Waals surface area (Å²) in [6, 6.07) is 13.8. The molecular weight excluding hydrogens is 357 g/mol. The molecule has 28 heavy (non-hydrogen) atoms. The van der Waals surface area contributed by atoms with Gasteiger partial charge in [-0.2, -0.15) is 0 Å². The summed E-state index contributed by atoms with van der Waals surface area (Å²) in [5.74, 6) is -0.227. The van der Waals surface area contributed by atoms with Crippen LogP contribution >= 0.6 is 0 Å². The van der Waals surface area contributed by atoms with E-state index < -0.39 is 0 Å². The highest BCUT2D eigenvalue weighted by atomic mass is 19.1. The van der Waals surface area contributed by atoms with Gasteiger partial charge < -0.3 is 9.80 Å². The number of nitrogens with zero attached hydrogens (tertiary/aromatic N) is 3. The van der Waals surface area contributed by atoms with E-state index >= 15 is 0 Å². The highest BCUT2D eigenvalue weighted by Crippen LogP contribution is 2.28. The highest BCUT2D eigenvalue weighted by molar-refractivity contribution is 5.99. The number of benzene rings is 2. The zero-order valence-electron chi connectivity index (χ0n) is 16.0. The van der Waals surface area contributed by atoms with E-state index in [1.54, 1.807) is 34.1 Å². The van der Waals surface area contributed by atoms with Crippen molar-refractivity contribution in [1.29, 1.82) is 0 Å². The van der Waals surface area contributed by atoms with E-state index in [1.165, 1.54) is 6.07 Å². The fourth-order valence-electron chi connectivity index (χ4n) is 4.05. The second-order valence-corrected chi connectivity index (χ2v) is 7.47. The van der Waals surface area contributed by atoms with Gasteiger partial charge in [0.1, 0.15) is 5.82 Å². The fourth-order valence-corrected chi connectivity index (χ4v) is 4.05. The van der Waals surface area contributed by atoms with Gasteiger partial charge in [-0.1, -0.05) is 24.3 Å². The number of rotatable bonds is 3. The van der Waals surface area contributed by atoms with E-state index in [0.29, 0.717) is 43.7 Å². The molecule has 2 saturated heterocycles. The maximum absolute atomic E-state index is 14.3. The minimum atomic E-state index is -0.247. The number of anilines is 1. The summed E-state index contributed by atoms with van der Waals surface area (Å²) < 4.78 is 14.3. The Kier molecular flexibility index (Phi) is 5.13. The lowest BCUT2D eigenvalue weighted by Crippen LogP contribution is -2.49. The fraction of sp³-hybridized carbons (Fsp3) is 0.364. The molecule has 1 atom stereocenters. The smallest absolute Gasteiger partial charge is 0.254 e. The maximum atomic E-state index is 14.3. The predicted octanol–water partition coefficient (Wildman–Crippen LogP) is 3.08. The molecule has 146 valence electrons. The first-order chi connectivity index (χ1) is 13.5. The maximum Gasteiger partial charge on any atom is 0.254 e. The van der Waals surface area contributed by atoms with Crippen LogP contribution in [-0.2, 0) is 4.79 Å². The third kappa shape index (κ3) is 3.52. The number of halogens is 1. The molecule has 2 aliphatic heterocycles. The molecule has 4 rings (SSSR count). The third-order valence-electron chi connectivity index (χ3n) is 5.68. The van der Waals surface area contributed by atoms with E-state index in [4.69, 9.17) is 0 Å². The van der Waals surface area contributed by atoms with E-state index in [0.717, 1.165) is 12.1 Å². The van der Waals surface area contributed by atoms with Gasteiger partial charge in [-0.15, -0.1) is 0 Å². The second-order valence-electron chi connectivity index (χ2n) is 7.47. The Morgan fingerprint density at radius 3 is 2.64 bits per heavy atom. The number of amides is 2. The van der Waals surface area contributed by atoms with Crippen LogP contribution in [0, 0.1) is 5.82 Å². The van der Waals surface area contributed by atoms with Crippen molar-refractivity contribution >= 4 is 17.5 Å². The molecule has 0 N–H and O–H groups in total. The van der Waals surface area contributed by atoms with Gasteiger partial charge in [0.2, 0.25) is 5.91 Å². The average molecular weight is 381 g/mol. The molecule has 2 aromatic rings. The Morgan fingerprint density at radius 1 is 1.07 bits per heavy atom. The van der Waals surface area contributed by atoms with Gasteiger partial charge in [-0.25, -0.2) is 4.39 Å². The van der Waals surface area contributed by atoms with Gasteiger partial charge >= 0.3 is 0 Å². The van der Waals surface area contributed by atoms with Crippen molar-refractivity contribution < 1.29 is 14.0 Å². The largest absolute Gasteiger partial charge is 0.335 e. The summed E-state index contributed by atoms with van der Waals surface area (Å²) in [6.45, 7) is 2.39. The minimum absolute atomic E-state index is 0.0806. The molecule has 0 radical (unpaired) electrons. The van der Waals surface area contributed by atoms with Crippen LogP contribution in [0.3, 0.4) is 0 Å². The zero-order valence-corrected chi connectivity index (χ0v) is 16.0. The molecular formula is C22H24FN3O2. The third-order valence-corrected chi connectivity index (χ3v) is 5.68. The van der Waals surface area contributed by atoms with Gasteiger partial charge in [0.05, 0.1) is 6.04 Å². The van der Waals surface area contributed by atoms with Crippen molar-refractivity contribution in [2.45, 2.75) is 18.9 Å². The molecule has 1 unspecified atom stereocenters. The van der Waals surface area contributed by atoms with Crippen LogP contribution in [0.5, 0.6) is 0 Å². The lowest BCUT2D eigenvalue weighted by atomic mass is 10.0. The standard InChI is InChI=1S/C22H24FN3O2/c1-24-12-13-25(15-20(24)18-8-2-3-9-19(18)23)22(28)16-6-4-7-17(14-16)26-11-5-10-21(26)27/h2-4,6-9,14,20H,5,10-13,15H2,1H3. The van der Waals surface area contributed by atoms with Gasteiger partial charge in [0.25, 0.3) is 5.91 Å². The normalized spacial score (nSPS) is 20.6. The first kappa shape index (κ1) is 18.6.